The second kappa shape index (κ2) is 4.44. The third-order valence-corrected chi connectivity index (χ3v) is 2.90. The quantitative estimate of drug-likeness (QED) is 0.898. The smallest absolute Gasteiger partial charge is 0.126 e. The molecular weight excluding hydrogens is 256 g/mol. The molecule has 0 aliphatic rings. The molecule has 0 aromatic carbocycles. The molecule has 0 saturated carbocycles. The lowest BCUT2D eigenvalue weighted by Crippen LogP contribution is -2.01. The maximum Gasteiger partial charge on any atom is 0.126 e. The lowest BCUT2D eigenvalue weighted by atomic mass is 10.3. The Bertz CT molecular complexity index is 439. The van der Waals surface area contributed by atoms with Crippen molar-refractivity contribution in [2.75, 3.05) is 5.32 Å². The largest absolute Gasteiger partial charge is 0.364 e. The van der Waals surface area contributed by atoms with Gasteiger partial charge >= 0.3 is 0 Å². The Morgan fingerprint density at radius 1 is 1.53 bits per heavy atom. The normalized spacial score (nSPS) is 10.3. The van der Waals surface area contributed by atoms with E-state index in [4.69, 9.17) is 0 Å². The van der Waals surface area contributed by atoms with Crippen LogP contribution in [-0.4, -0.2) is 15.2 Å². The standard InChI is InChI=1S/C10H11BrN4/c1-7-4-10(13-6-9(7)11)12-5-8-2-3-14-15-8/h2-4,6H,5H2,1H3,(H,12,13)(H,14,15). The third-order valence-electron chi connectivity index (χ3n) is 2.07. The maximum atomic E-state index is 4.25. The van der Waals surface area contributed by atoms with Gasteiger partial charge in [-0.25, -0.2) is 4.98 Å². The van der Waals surface area contributed by atoms with Crippen molar-refractivity contribution in [2.24, 2.45) is 0 Å². The summed E-state index contributed by atoms with van der Waals surface area (Å²) < 4.78 is 1.02. The van der Waals surface area contributed by atoms with Crippen LogP contribution in [0.1, 0.15) is 11.3 Å². The number of hydrogen-bond donors (Lipinski definition) is 2. The van der Waals surface area contributed by atoms with Crippen LogP contribution in [0.2, 0.25) is 0 Å². The number of rotatable bonds is 3. The van der Waals surface area contributed by atoms with Gasteiger partial charge in [0.1, 0.15) is 5.82 Å². The van der Waals surface area contributed by atoms with Gasteiger partial charge in [0, 0.05) is 16.9 Å². The van der Waals surface area contributed by atoms with Gasteiger partial charge in [-0.2, -0.15) is 5.10 Å². The number of pyridine rings is 1. The Labute approximate surface area is 96.3 Å². The van der Waals surface area contributed by atoms with Gasteiger partial charge in [-0.3, -0.25) is 5.10 Å². The summed E-state index contributed by atoms with van der Waals surface area (Å²) in [6.07, 6.45) is 3.53. The predicted octanol–water partition coefficient (Wildman–Crippen LogP) is 2.49. The van der Waals surface area contributed by atoms with Crippen LogP contribution in [0.5, 0.6) is 0 Å². The number of aromatic nitrogens is 3. The van der Waals surface area contributed by atoms with Gasteiger partial charge < -0.3 is 5.32 Å². The Hall–Kier alpha value is -1.36. The molecule has 0 aliphatic heterocycles. The third kappa shape index (κ3) is 2.56. The number of aromatic amines is 1. The Balaban J connectivity index is 2.02. The van der Waals surface area contributed by atoms with Crippen molar-refractivity contribution in [1.29, 1.82) is 0 Å². The fourth-order valence-electron chi connectivity index (χ4n) is 1.20. The second-order valence-corrected chi connectivity index (χ2v) is 4.11. The van der Waals surface area contributed by atoms with Crippen LogP contribution in [0.4, 0.5) is 5.82 Å². The van der Waals surface area contributed by atoms with E-state index in [1.54, 1.807) is 12.4 Å². The molecule has 0 spiro atoms. The molecular formula is C10H11BrN4. The summed E-state index contributed by atoms with van der Waals surface area (Å²) in [4.78, 5) is 4.25. The minimum Gasteiger partial charge on any atom is -0.364 e. The Kier molecular flexibility index (Phi) is 3.01. The molecule has 0 radical (unpaired) electrons. The first kappa shape index (κ1) is 10.2. The molecule has 0 saturated heterocycles. The van der Waals surface area contributed by atoms with Crippen LogP contribution in [-0.2, 0) is 6.54 Å². The van der Waals surface area contributed by atoms with E-state index in [1.807, 2.05) is 19.1 Å². The van der Waals surface area contributed by atoms with E-state index in [2.05, 4.69) is 36.4 Å². The number of H-pyrrole nitrogens is 1. The molecule has 0 bridgehead atoms. The number of hydrogen-bond acceptors (Lipinski definition) is 3. The lowest BCUT2D eigenvalue weighted by Gasteiger charge is -2.05. The minimum atomic E-state index is 0.702. The van der Waals surface area contributed by atoms with Gasteiger partial charge in [-0.05, 0) is 40.5 Å². The number of nitrogens with one attached hydrogen (secondary N) is 2. The van der Waals surface area contributed by atoms with Crippen molar-refractivity contribution in [3.63, 3.8) is 0 Å². The SMILES string of the molecule is Cc1cc(NCc2ccn[nH]2)ncc1Br. The highest BCUT2D eigenvalue weighted by atomic mass is 79.9. The molecule has 0 atom stereocenters. The van der Waals surface area contributed by atoms with Crippen LogP contribution in [0, 0.1) is 6.92 Å². The molecule has 78 valence electrons. The van der Waals surface area contributed by atoms with Gasteiger partial charge in [-0.1, -0.05) is 0 Å². The number of halogens is 1. The Morgan fingerprint density at radius 3 is 3.07 bits per heavy atom. The minimum absolute atomic E-state index is 0.702. The van der Waals surface area contributed by atoms with Crippen molar-refractivity contribution in [3.8, 4) is 0 Å². The Morgan fingerprint density at radius 2 is 2.40 bits per heavy atom. The highest BCUT2D eigenvalue weighted by Crippen LogP contribution is 2.17. The molecule has 0 unspecified atom stereocenters. The van der Waals surface area contributed by atoms with Gasteiger partial charge in [0.2, 0.25) is 0 Å². The van der Waals surface area contributed by atoms with Crippen LogP contribution < -0.4 is 5.32 Å². The van der Waals surface area contributed by atoms with E-state index in [1.165, 1.54) is 0 Å². The molecule has 2 rings (SSSR count). The highest BCUT2D eigenvalue weighted by Gasteiger charge is 1.99. The zero-order valence-corrected chi connectivity index (χ0v) is 9.87. The predicted molar refractivity (Wildman–Crippen MR) is 62.6 cm³/mol. The fraction of sp³-hybridized carbons (Fsp3) is 0.200. The first-order valence-corrected chi connectivity index (χ1v) is 5.39. The summed E-state index contributed by atoms with van der Waals surface area (Å²) in [6.45, 7) is 2.74. The van der Waals surface area contributed by atoms with Gasteiger partial charge in [-0.15, -0.1) is 0 Å². The van der Waals surface area contributed by atoms with Crippen LogP contribution in [0.25, 0.3) is 0 Å². The van der Waals surface area contributed by atoms with Crippen LogP contribution >= 0.6 is 15.9 Å². The summed E-state index contributed by atoms with van der Waals surface area (Å²) in [5.41, 5.74) is 2.20. The second-order valence-electron chi connectivity index (χ2n) is 3.25. The molecule has 2 aromatic rings. The first-order chi connectivity index (χ1) is 7.25. The van der Waals surface area contributed by atoms with E-state index in [9.17, 15) is 0 Å². The molecule has 15 heavy (non-hydrogen) atoms. The average molecular weight is 267 g/mol. The fourth-order valence-corrected chi connectivity index (χ4v) is 1.42. The molecule has 0 aliphatic carbocycles. The monoisotopic (exact) mass is 266 g/mol. The summed E-state index contributed by atoms with van der Waals surface area (Å²) in [6, 6.07) is 3.93. The summed E-state index contributed by atoms with van der Waals surface area (Å²) in [7, 11) is 0. The molecule has 0 amide bonds. The van der Waals surface area contributed by atoms with E-state index in [0.29, 0.717) is 6.54 Å². The van der Waals surface area contributed by atoms with Gasteiger partial charge in [0.05, 0.1) is 12.2 Å². The van der Waals surface area contributed by atoms with Gasteiger partial charge in [0.25, 0.3) is 0 Å². The lowest BCUT2D eigenvalue weighted by molar-refractivity contribution is 0.973. The molecule has 5 heteroatoms. The van der Waals surface area contributed by atoms with E-state index in [-0.39, 0.29) is 0 Å². The zero-order chi connectivity index (χ0) is 10.7. The molecule has 2 N–H and O–H groups in total. The van der Waals surface area contributed by atoms with E-state index >= 15 is 0 Å². The van der Waals surface area contributed by atoms with Crippen LogP contribution in [0.15, 0.2) is 29.0 Å². The summed E-state index contributed by atoms with van der Waals surface area (Å²) in [5.74, 6) is 0.866. The maximum absolute atomic E-state index is 4.25. The topological polar surface area (TPSA) is 53.6 Å². The first-order valence-electron chi connectivity index (χ1n) is 4.60. The highest BCUT2D eigenvalue weighted by molar-refractivity contribution is 9.10. The van der Waals surface area contributed by atoms with Crippen molar-refractivity contribution in [3.05, 3.63) is 40.3 Å². The summed E-state index contributed by atoms with van der Waals surface area (Å²) >= 11 is 3.41. The summed E-state index contributed by atoms with van der Waals surface area (Å²) in [5, 5.41) is 9.97. The van der Waals surface area contributed by atoms with E-state index < -0.39 is 0 Å². The van der Waals surface area contributed by atoms with Crippen molar-refractivity contribution >= 4 is 21.7 Å². The van der Waals surface area contributed by atoms with Crippen molar-refractivity contribution in [1.82, 2.24) is 15.2 Å². The molecule has 0 fully saturated rings. The van der Waals surface area contributed by atoms with Crippen molar-refractivity contribution < 1.29 is 0 Å². The van der Waals surface area contributed by atoms with Crippen LogP contribution in [0.3, 0.4) is 0 Å². The number of nitrogens with zero attached hydrogens (tertiary/aromatic N) is 2. The molecule has 2 aromatic heterocycles. The average Bonchev–Trinajstić information content (AvgIpc) is 2.73. The van der Waals surface area contributed by atoms with E-state index in [0.717, 1.165) is 21.5 Å². The molecule has 4 nitrogen and oxygen atoms in total. The number of aryl methyl sites for hydroxylation is 1. The van der Waals surface area contributed by atoms with Crippen molar-refractivity contribution in [2.45, 2.75) is 13.5 Å². The molecule has 2 heterocycles. The zero-order valence-electron chi connectivity index (χ0n) is 8.29. The number of anilines is 1. The van der Waals surface area contributed by atoms with Gasteiger partial charge in [0.15, 0.2) is 0 Å².